The van der Waals surface area contributed by atoms with E-state index in [-0.39, 0.29) is 17.3 Å². The van der Waals surface area contributed by atoms with Crippen LogP contribution in [0.1, 0.15) is 38.8 Å². The third-order valence-electron chi connectivity index (χ3n) is 3.11. The summed E-state index contributed by atoms with van der Waals surface area (Å²) >= 11 is 0. The number of benzene rings is 1. The van der Waals surface area contributed by atoms with E-state index in [1.165, 1.54) is 6.07 Å². The van der Waals surface area contributed by atoms with Gasteiger partial charge in [0.1, 0.15) is 0 Å². The van der Waals surface area contributed by atoms with E-state index in [0.717, 1.165) is 6.07 Å². The molecule has 100 valence electrons. The topological polar surface area (TPSA) is 29.1 Å². The van der Waals surface area contributed by atoms with Crippen molar-refractivity contribution < 1.29 is 13.0 Å². The van der Waals surface area contributed by atoms with Crippen molar-refractivity contribution in [1.29, 1.82) is 0 Å². The highest BCUT2D eigenvalue weighted by Crippen LogP contribution is 2.35. The molecule has 0 saturated carbocycles. The summed E-state index contributed by atoms with van der Waals surface area (Å²) in [5.41, 5.74) is 0.624. The van der Waals surface area contributed by atoms with Crippen LogP contribution in [0.25, 0.3) is 0 Å². The summed E-state index contributed by atoms with van der Waals surface area (Å²) in [7, 11) is -1.26. The van der Waals surface area contributed by atoms with Crippen molar-refractivity contribution in [2.24, 2.45) is 0 Å². The predicted octanol–water partition coefficient (Wildman–Crippen LogP) is 2.90. The van der Waals surface area contributed by atoms with Gasteiger partial charge in [-0.15, -0.1) is 0 Å². The Labute approximate surface area is 108 Å². The fraction of sp³-hybridized carbons (Fsp3) is 0.538. The summed E-state index contributed by atoms with van der Waals surface area (Å²) in [6.07, 6.45) is 0.670. The molecule has 1 aliphatic rings. The second-order valence-corrected chi connectivity index (χ2v) is 6.86. The van der Waals surface area contributed by atoms with E-state index >= 15 is 0 Å². The van der Waals surface area contributed by atoms with Gasteiger partial charge in [0.2, 0.25) is 0 Å². The Morgan fingerprint density at radius 2 is 1.94 bits per heavy atom. The highest BCUT2D eigenvalue weighted by molar-refractivity contribution is 7.85. The molecule has 0 fully saturated rings. The summed E-state index contributed by atoms with van der Waals surface area (Å²) < 4.78 is 38.7. The first-order valence-corrected chi connectivity index (χ1v) is 7.27. The third-order valence-corrected chi connectivity index (χ3v) is 4.82. The minimum Gasteiger partial charge on any atom is -0.308 e. The SMILES string of the molecule is CC(C)NC1CC(C)S(=O)c2cc(F)c(F)cc21. The minimum absolute atomic E-state index is 0.0568. The van der Waals surface area contributed by atoms with Gasteiger partial charge in [-0.2, -0.15) is 0 Å². The van der Waals surface area contributed by atoms with Crippen LogP contribution >= 0.6 is 0 Å². The summed E-state index contributed by atoms with van der Waals surface area (Å²) in [5.74, 6) is -1.81. The van der Waals surface area contributed by atoms with Crippen LogP contribution < -0.4 is 5.32 Å². The van der Waals surface area contributed by atoms with Gasteiger partial charge in [0.05, 0.1) is 10.8 Å². The zero-order valence-corrected chi connectivity index (χ0v) is 11.5. The minimum atomic E-state index is -1.26. The average molecular weight is 273 g/mol. The monoisotopic (exact) mass is 273 g/mol. The van der Waals surface area contributed by atoms with Crippen LogP contribution in [0.5, 0.6) is 0 Å². The van der Waals surface area contributed by atoms with Crippen molar-refractivity contribution >= 4 is 10.8 Å². The van der Waals surface area contributed by atoms with Crippen molar-refractivity contribution in [3.63, 3.8) is 0 Å². The van der Waals surface area contributed by atoms with Gasteiger partial charge in [-0.05, 0) is 24.1 Å². The van der Waals surface area contributed by atoms with Crippen LogP contribution in [-0.4, -0.2) is 15.5 Å². The normalized spacial score (nSPS) is 27.3. The summed E-state index contributed by atoms with van der Waals surface area (Å²) in [6, 6.07) is 2.41. The fourth-order valence-electron chi connectivity index (χ4n) is 2.31. The maximum Gasteiger partial charge on any atom is 0.160 e. The van der Waals surface area contributed by atoms with Gasteiger partial charge in [-0.1, -0.05) is 20.8 Å². The standard InChI is InChI=1S/C13H17F2NOS/c1-7(2)16-12-4-8(3)18(17)13-6-11(15)10(14)5-9(12)13/h5-8,12,16H,4H2,1-3H3. The zero-order chi connectivity index (χ0) is 13.4. The Morgan fingerprint density at radius 3 is 2.56 bits per heavy atom. The Bertz CT molecular complexity index is 490. The molecule has 5 heteroatoms. The molecule has 0 amide bonds. The van der Waals surface area contributed by atoms with Crippen molar-refractivity contribution in [1.82, 2.24) is 5.32 Å². The van der Waals surface area contributed by atoms with Crippen LogP contribution in [0.15, 0.2) is 17.0 Å². The largest absolute Gasteiger partial charge is 0.308 e. The van der Waals surface area contributed by atoms with Crippen LogP contribution in [0, 0.1) is 11.6 Å². The van der Waals surface area contributed by atoms with Crippen LogP contribution in [0.2, 0.25) is 0 Å². The first-order valence-electron chi connectivity index (χ1n) is 6.05. The molecule has 0 aliphatic carbocycles. The molecule has 1 aliphatic heterocycles. The lowest BCUT2D eigenvalue weighted by Gasteiger charge is -2.31. The molecule has 1 N–H and O–H groups in total. The first-order chi connectivity index (χ1) is 8.40. The van der Waals surface area contributed by atoms with Gasteiger partial charge in [0, 0.05) is 22.2 Å². The fourth-order valence-corrected chi connectivity index (χ4v) is 3.77. The molecular formula is C13H17F2NOS. The lowest BCUT2D eigenvalue weighted by molar-refractivity contribution is 0.428. The van der Waals surface area contributed by atoms with Gasteiger partial charge in [0.25, 0.3) is 0 Å². The maximum atomic E-state index is 13.3. The lowest BCUT2D eigenvalue weighted by atomic mass is 10.00. The molecule has 0 aromatic heterocycles. The molecule has 2 nitrogen and oxygen atoms in total. The second kappa shape index (κ2) is 5.05. The average Bonchev–Trinajstić information content (AvgIpc) is 2.28. The molecule has 0 bridgehead atoms. The highest BCUT2D eigenvalue weighted by Gasteiger charge is 2.31. The smallest absolute Gasteiger partial charge is 0.160 e. The Kier molecular flexibility index (Phi) is 3.82. The van der Waals surface area contributed by atoms with E-state index in [9.17, 15) is 13.0 Å². The van der Waals surface area contributed by atoms with Gasteiger partial charge in [-0.3, -0.25) is 4.21 Å². The first kappa shape index (κ1) is 13.6. The summed E-state index contributed by atoms with van der Waals surface area (Å²) in [6.45, 7) is 5.86. The molecule has 1 aromatic carbocycles. The molecule has 3 unspecified atom stereocenters. The van der Waals surface area contributed by atoms with Gasteiger partial charge in [-0.25, -0.2) is 8.78 Å². The van der Waals surface area contributed by atoms with Crippen LogP contribution in [-0.2, 0) is 10.8 Å². The molecule has 18 heavy (non-hydrogen) atoms. The quantitative estimate of drug-likeness (QED) is 0.897. The van der Waals surface area contributed by atoms with E-state index in [1.807, 2.05) is 20.8 Å². The van der Waals surface area contributed by atoms with Crippen molar-refractivity contribution in [2.75, 3.05) is 0 Å². The Hall–Kier alpha value is -0.810. The second-order valence-electron chi connectivity index (χ2n) is 5.02. The Morgan fingerprint density at radius 1 is 1.33 bits per heavy atom. The number of rotatable bonds is 2. The highest BCUT2D eigenvalue weighted by atomic mass is 32.2. The molecule has 0 saturated heterocycles. The van der Waals surface area contributed by atoms with Gasteiger partial charge >= 0.3 is 0 Å². The number of nitrogens with one attached hydrogen (secondary N) is 1. The number of hydrogen-bond acceptors (Lipinski definition) is 2. The third kappa shape index (κ3) is 2.47. The molecule has 0 radical (unpaired) electrons. The summed E-state index contributed by atoms with van der Waals surface area (Å²) in [5, 5.41) is 3.26. The molecule has 2 rings (SSSR count). The van der Waals surface area contributed by atoms with E-state index in [0.29, 0.717) is 16.9 Å². The van der Waals surface area contributed by atoms with E-state index in [2.05, 4.69) is 5.32 Å². The lowest BCUT2D eigenvalue weighted by Crippen LogP contribution is -2.35. The number of fused-ring (bicyclic) bond motifs is 1. The molecule has 1 aromatic rings. The van der Waals surface area contributed by atoms with Crippen LogP contribution in [0.3, 0.4) is 0 Å². The van der Waals surface area contributed by atoms with Crippen molar-refractivity contribution in [3.05, 3.63) is 29.3 Å². The number of halogens is 2. The van der Waals surface area contributed by atoms with Gasteiger partial charge < -0.3 is 5.32 Å². The zero-order valence-electron chi connectivity index (χ0n) is 10.7. The molecule has 3 atom stereocenters. The van der Waals surface area contributed by atoms with E-state index in [4.69, 9.17) is 0 Å². The van der Waals surface area contributed by atoms with Crippen molar-refractivity contribution in [2.45, 2.75) is 49.4 Å². The molecule has 0 spiro atoms. The van der Waals surface area contributed by atoms with E-state index in [1.54, 1.807) is 0 Å². The maximum absolute atomic E-state index is 13.3. The molecule has 1 heterocycles. The predicted molar refractivity (Wildman–Crippen MR) is 67.9 cm³/mol. The Balaban J connectivity index is 2.49. The van der Waals surface area contributed by atoms with Gasteiger partial charge in [0.15, 0.2) is 11.6 Å². The van der Waals surface area contributed by atoms with E-state index < -0.39 is 22.4 Å². The summed E-state index contributed by atoms with van der Waals surface area (Å²) in [4.78, 5) is 0.422. The molecular weight excluding hydrogens is 256 g/mol. The number of hydrogen-bond donors (Lipinski definition) is 1. The van der Waals surface area contributed by atoms with Crippen LogP contribution in [0.4, 0.5) is 8.78 Å². The van der Waals surface area contributed by atoms with Crippen molar-refractivity contribution in [3.8, 4) is 0 Å².